The van der Waals surface area contributed by atoms with E-state index in [2.05, 4.69) is 37.9 Å². The number of nitrogens with one attached hydrogen (secondary N) is 1. The van der Waals surface area contributed by atoms with E-state index in [9.17, 15) is 0 Å². The van der Waals surface area contributed by atoms with Crippen LogP contribution in [0.4, 0.5) is 0 Å². The molecule has 2 unspecified atom stereocenters. The second-order valence-electron chi connectivity index (χ2n) is 4.52. The minimum Gasteiger partial charge on any atom is -0.314 e. The molecule has 2 nitrogen and oxygen atoms in total. The second-order valence-corrected chi connectivity index (χ2v) is 4.52. The molecule has 0 radical (unpaired) electrons. The Bertz CT molecular complexity index is 145. The van der Waals surface area contributed by atoms with Crippen LogP contribution in [0.3, 0.4) is 0 Å². The molecule has 1 aliphatic rings. The van der Waals surface area contributed by atoms with E-state index in [1.165, 1.54) is 19.5 Å². The molecule has 2 atom stereocenters. The lowest BCUT2D eigenvalue weighted by molar-refractivity contribution is 0.119. The van der Waals surface area contributed by atoms with Gasteiger partial charge in [0.1, 0.15) is 0 Å². The van der Waals surface area contributed by atoms with Gasteiger partial charge in [-0.15, -0.1) is 0 Å². The molecule has 1 saturated heterocycles. The zero-order valence-corrected chi connectivity index (χ0v) is 9.51. The maximum Gasteiger partial charge on any atom is 0.0117 e. The van der Waals surface area contributed by atoms with E-state index in [0.29, 0.717) is 6.04 Å². The summed E-state index contributed by atoms with van der Waals surface area (Å²) in [6, 6.07) is 1.46. The molecule has 1 rings (SSSR count). The number of piperidine rings is 1. The van der Waals surface area contributed by atoms with Gasteiger partial charge in [0.2, 0.25) is 0 Å². The van der Waals surface area contributed by atoms with Gasteiger partial charge in [-0.3, -0.25) is 0 Å². The third-order valence-electron chi connectivity index (χ3n) is 3.13. The Kier molecular flexibility index (Phi) is 4.20. The van der Waals surface area contributed by atoms with Crippen LogP contribution in [0.1, 0.15) is 34.1 Å². The summed E-state index contributed by atoms with van der Waals surface area (Å²) in [5.74, 6) is 0.802. The van der Waals surface area contributed by atoms with Gasteiger partial charge in [-0.25, -0.2) is 0 Å². The first-order valence-corrected chi connectivity index (χ1v) is 5.62. The fraction of sp³-hybridized carbons (Fsp3) is 1.00. The molecule has 78 valence electrons. The number of likely N-dealkylation sites (tertiary alicyclic amines) is 1. The Balaban J connectivity index is 2.37. The summed E-state index contributed by atoms with van der Waals surface area (Å²) < 4.78 is 0. The van der Waals surface area contributed by atoms with Gasteiger partial charge in [-0.1, -0.05) is 13.8 Å². The van der Waals surface area contributed by atoms with E-state index >= 15 is 0 Å². The Morgan fingerprint density at radius 2 is 2.15 bits per heavy atom. The zero-order chi connectivity index (χ0) is 9.84. The zero-order valence-electron chi connectivity index (χ0n) is 9.51. The Morgan fingerprint density at radius 3 is 2.62 bits per heavy atom. The standard InChI is InChI=1S/C11H24N2/c1-5-12-11-6-7-13(9(2)3)8-10(11)4/h9-12H,5-8H2,1-4H3. The molecule has 0 aromatic heterocycles. The van der Waals surface area contributed by atoms with Crippen LogP contribution in [-0.4, -0.2) is 36.6 Å². The van der Waals surface area contributed by atoms with Gasteiger partial charge in [-0.2, -0.15) is 0 Å². The van der Waals surface area contributed by atoms with Gasteiger partial charge < -0.3 is 10.2 Å². The van der Waals surface area contributed by atoms with Crippen molar-refractivity contribution in [3.05, 3.63) is 0 Å². The molecule has 0 aliphatic carbocycles. The van der Waals surface area contributed by atoms with Crippen molar-refractivity contribution in [3.63, 3.8) is 0 Å². The lowest BCUT2D eigenvalue weighted by atomic mass is 9.93. The lowest BCUT2D eigenvalue weighted by Gasteiger charge is -2.39. The minimum atomic E-state index is 0.713. The van der Waals surface area contributed by atoms with Gasteiger partial charge in [0.15, 0.2) is 0 Å². The van der Waals surface area contributed by atoms with Crippen molar-refractivity contribution >= 4 is 0 Å². The van der Waals surface area contributed by atoms with Gasteiger partial charge in [0, 0.05) is 18.6 Å². The Morgan fingerprint density at radius 1 is 1.46 bits per heavy atom. The van der Waals surface area contributed by atoms with Crippen molar-refractivity contribution < 1.29 is 0 Å². The molecule has 1 heterocycles. The van der Waals surface area contributed by atoms with Crippen molar-refractivity contribution in [1.29, 1.82) is 0 Å². The monoisotopic (exact) mass is 184 g/mol. The highest BCUT2D eigenvalue weighted by atomic mass is 15.2. The smallest absolute Gasteiger partial charge is 0.0117 e. The highest BCUT2D eigenvalue weighted by Gasteiger charge is 2.26. The van der Waals surface area contributed by atoms with Crippen molar-refractivity contribution in [2.24, 2.45) is 5.92 Å². The molecule has 0 saturated carbocycles. The summed E-state index contributed by atoms with van der Waals surface area (Å²) in [6.07, 6.45) is 1.31. The fourth-order valence-electron chi connectivity index (χ4n) is 2.21. The highest BCUT2D eigenvalue weighted by molar-refractivity contribution is 4.83. The molecule has 0 amide bonds. The molecular formula is C11H24N2. The molecule has 2 heteroatoms. The van der Waals surface area contributed by atoms with Crippen LogP contribution in [0.5, 0.6) is 0 Å². The van der Waals surface area contributed by atoms with Crippen molar-refractivity contribution in [2.45, 2.75) is 46.2 Å². The topological polar surface area (TPSA) is 15.3 Å². The van der Waals surface area contributed by atoms with Crippen LogP contribution in [0.15, 0.2) is 0 Å². The van der Waals surface area contributed by atoms with Crippen LogP contribution in [0.2, 0.25) is 0 Å². The fourth-order valence-corrected chi connectivity index (χ4v) is 2.21. The third kappa shape index (κ3) is 2.96. The summed E-state index contributed by atoms with van der Waals surface area (Å²) in [7, 11) is 0. The van der Waals surface area contributed by atoms with E-state index < -0.39 is 0 Å². The van der Waals surface area contributed by atoms with Crippen LogP contribution in [0.25, 0.3) is 0 Å². The predicted octanol–water partition coefficient (Wildman–Crippen LogP) is 1.71. The quantitative estimate of drug-likeness (QED) is 0.718. The largest absolute Gasteiger partial charge is 0.314 e. The van der Waals surface area contributed by atoms with E-state index in [1.54, 1.807) is 0 Å². The van der Waals surface area contributed by atoms with E-state index in [0.717, 1.165) is 18.5 Å². The number of rotatable bonds is 3. The van der Waals surface area contributed by atoms with Crippen molar-refractivity contribution in [2.75, 3.05) is 19.6 Å². The average Bonchev–Trinajstić information content (AvgIpc) is 2.08. The summed E-state index contributed by atoms with van der Waals surface area (Å²) in [6.45, 7) is 12.8. The summed E-state index contributed by atoms with van der Waals surface area (Å²) in [4.78, 5) is 2.58. The van der Waals surface area contributed by atoms with Gasteiger partial charge >= 0.3 is 0 Å². The molecule has 0 bridgehead atoms. The number of nitrogens with zero attached hydrogens (tertiary/aromatic N) is 1. The summed E-state index contributed by atoms with van der Waals surface area (Å²) >= 11 is 0. The highest BCUT2D eigenvalue weighted by Crippen LogP contribution is 2.18. The first kappa shape index (κ1) is 11.0. The normalized spacial score (nSPS) is 31.2. The van der Waals surface area contributed by atoms with Crippen LogP contribution >= 0.6 is 0 Å². The molecule has 1 aliphatic heterocycles. The molecule has 0 aromatic rings. The maximum absolute atomic E-state index is 3.57. The molecule has 0 spiro atoms. The van der Waals surface area contributed by atoms with E-state index in [-0.39, 0.29) is 0 Å². The predicted molar refractivity (Wildman–Crippen MR) is 58.0 cm³/mol. The molecule has 1 fully saturated rings. The number of hydrogen-bond donors (Lipinski definition) is 1. The van der Waals surface area contributed by atoms with Gasteiger partial charge in [-0.05, 0) is 39.3 Å². The summed E-state index contributed by atoms with van der Waals surface area (Å²) in [5, 5.41) is 3.57. The Hall–Kier alpha value is -0.0800. The first-order valence-electron chi connectivity index (χ1n) is 5.62. The summed E-state index contributed by atoms with van der Waals surface area (Å²) in [5.41, 5.74) is 0. The molecule has 1 N–H and O–H groups in total. The van der Waals surface area contributed by atoms with Crippen LogP contribution in [0, 0.1) is 5.92 Å². The van der Waals surface area contributed by atoms with Gasteiger partial charge in [0.05, 0.1) is 0 Å². The van der Waals surface area contributed by atoms with Crippen molar-refractivity contribution in [1.82, 2.24) is 10.2 Å². The lowest BCUT2D eigenvalue weighted by Crippen LogP contribution is -2.50. The van der Waals surface area contributed by atoms with Crippen molar-refractivity contribution in [3.8, 4) is 0 Å². The van der Waals surface area contributed by atoms with Crippen LogP contribution in [-0.2, 0) is 0 Å². The molecule has 0 aromatic carbocycles. The first-order chi connectivity index (χ1) is 6.15. The van der Waals surface area contributed by atoms with Gasteiger partial charge in [0.25, 0.3) is 0 Å². The molecular weight excluding hydrogens is 160 g/mol. The van der Waals surface area contributed by atoms with E-state index in [1.807, 2.05) is 0 Å². The third-order valence-corrected chi connectivity index (χ3v) is 3.13. The number of hydrogen-bond acceptors (Lipinski definition) is 2. The Labute approximate surface area is 82.7 Å². The SMILES string of the molecule is CCNC1CCN(C(C)C)CC1C. The van der Waals surface area contributed by atoms with E-state index in [4.69, 9.17) is 0 Å². The minimum absolute atomic E-state index is 0.713. The second kappa shape index (κ2) is 4.97. The maximum atomic E-state index is 3.57. The molecule has 13 heavy (non-hydrogen) atoms. The average molecular weight is 184 g/mol. The van der Waals surface area contributed by atoms with Crippen LogP contribution < -0.4 is 5.32 Å².